The molecule has 2 aromatic carbocycles. The summed E-state index contributed by atoms with van der Waals surface area (Å²) in [6.45, 7) is 2.65. The third kappa shape index (κ3) is 7.72. The third-order valence-electron chi connectivity index (χ3n) is 4.04. The molecule has 0 spiro atoms. The Balaban J connectivity index is 0.00000392. The molecule has 0 saturated heterocycles. The quantitative estimate of drug-likeness (QED) is 0.298. The van der Waals surface area contributed by atoms with Crippen molar-refractivity contribution in [2.45, 2.75) is 25.8 Å². The highest BCUT2D eigenvalue weighted by Crippen LogP contribution is 2.10. The molecule has 9 heteroatoms. The Morgan fingerprint density at radius 1 is 1.04 bits per heavy atom. The lowest BCUT2D eigenvalue weighted by Crippen LogP contribution is -2.36. The molecule has 3 N–H and O–H groups in total. The number of hydrogen-bond donors (Lipinski definition) is 3. The smallest absolute Gasteiger partial charge is 0.215 e. The molecule has 0 atom stereocenters. The lowest BCUT2D eigenvalue weighted by Gasteiger charge is -2.13. The van der Waals surface area contributed by atoms with Crippen molar-refractivity contribution in [2.75, 3.05) is 14.1 Å². The van der Waals surface area contributed by atoms with E-state index >= 15 is 0 Å². The molecule has 2 rings (SSSR count). The van der Waals surface area contributed by atoms with E-state index in [4.69, 9.17) is 0 Å². The highest BCUT2D eigenvalue weighted by molar-refractivity contribution is 14.0. The number of nitrogens with one attached hydrogen (secondary N) is 3. The van der Waals surface area contributed by atoms with Gasteiger partial charge in [0.15, 0.2) is 5.96 Å². The van der Waals surface area contributed by atoms with Gasteiger partial charge in [0.05, 0.1) is 5.75 Å². The van der Waals surface area contributed by atoms with Gasteiger partial charge in [-0.3, -0.25) is 4.99 Å². The molecule has 2 aromatic rings. The monoisotopic (exact) mass is 520 g/mol. The fourth-order valence-electron chi connectivity index (χ4n) is 2.46. The molecule has 0 aliphatic carbocycles. The summed E-state index contributed by atoms with van der Waals surface area (Å²) >= 11 is 0. The molecule has 0 aliphatic rings. The molecule has 6 nitrogen and oxygen atoms in total. The van der Waals surface area contributed by atoms with E-state index in [-0.39, 0.29) is 35.5 Å². The summed E-state index contributed by atoms with van der Waals surface area (Å²) < 4.78 is 39.3. The Morgan fingerprint density at radius 3 is 2.21 bits per heavy atom. The molecule has 0 heterocycles. The summed E-state index contributed by atoms with van der Waals surface area (Å²) in [6, 6.07) is 12.5. The summed E-state index contributed by atoms with van der Waals surface area (Å²) in [5.41, 5.74) is 3.08. The van der Waals surface area contributed by atoms with Crippen LogP contribution in [-0.2, 0) is 28.9 Å². The van der Waals surface area contributed by atoms with Crippen LogP contribution in [-0.4, -0.2) is 28.5 Å². The van der Waals surface area contributed by atoms with Crippen LogP contribution >= 0.6 is 24.0 Å². The van der Waals surface area contributed by atoms with Crippen LogP contribution in [0.2, 0.25) is 0 Å². The van der Waals surface area contributed by atoms with Crippen molar-refractivity contribution in [3.63, 3.8) is 0 Å². The van der Waals surface area contributed by atoms with Gasteiger partial charge in [-0.15, -0.1) is 24.0 Å². The van der Waals surface area contributed by atoms with Gasteiger partial charge >= 0.3 is 0 Å². The molecule has 0 bridgehead atoms. The maximum atomic E-state index is 13.6. The number of aryl methyl sites for hydroxylation is 1. The van der Waals surface area contributed by atoms with E-state index < -0.39 is 10.0 Å². The van der Waals surface area contributed by atoms with E-state index in [1.165, 1.54) is 13.1 Å². The van der Waals surface area contributed by atoms with Crippen molar-refractivity contribution in [2.24, 2.45) is 4.99 Å². The van der Waals surface area contributed by atoms with Crippen LogP contribution < -0.4 is 15.4 Å². The molecule has 0 fully saturated rings. The fourth-order valence-corrected chi connectivity index (χ4v) is 3.22. The molecule has 0 saturated carbocycles. The first kappa shape index (κ1) is 24.3. The van der Waals surface area contributed by atoms with Gasteiger partial charge in [-0.2, -0.15) is 0 Å². The molecule has 0 amide bonds. The maximum absolute atomic E-state index is 13.6. The van der Waals surface area contributed by atoms with E-state index in [2.05, 4.69) is 20.3 Å². The number of benzene rings is 2. The van der Waals surface area contributed by atoms with Gasteiger partial charge in [0, 0.05) is 20.1 Å². The van der Waals surface area contributed by atoms with Crippen LogP contribution in [0, 0.1) is 12.7 Å². The first-order chi connectivity index (χ1) is 12.8. The second-order valence-electron chi connectivity index (χ2n) is 6.15. The average molecular weight is 520 g/mol. The zero-order valence-corrected chi connectivity index (χ0v) is 19.3. The Morgan fingerprint density at radius 2 is 1.64 bits per heavy atom. The topological polar surface area (TPSA) is 82.6 Å². The van der Waals surface area contributed by atoms with E-state index in [0.717, 1.165) is 11.1 Å². The number of aliphatic imine (C=N–C) groups is 1. The first-order valence-corrected chi connectivity index (χ1v) is 10.2. The number of sulfonamides is 1. The van der Waals surface area contributed by atoms with E-state index in [0.29, 0.717) is 30.2 Å². The van der Waals surface area contributed by atoms with Gasteiger partial charge in [-0.05, 0) is 42.3 Å². The van der Waals surface area contributed by atoms with Crippen LogP contribution in [0.4, 0.5) is 4.39 Å². The molecular formula is C19H26FIN4O2S. The summed E-state index contributed by atoms with van der Waals surface area (Å²) in [5.74, 6) is 0.276. The average Bonchev–Trinajstić information content (AvgIpc) is 2.64. The largest absolute Gasteiger partial charge is 0.352 e. The van der Waals surface area contributed by atoms with Gasteiger partial charge in [-0.25, -0.2) is 17.5 Å². The van der Waals surface area contributed by atoms with Crippen molar-refractivity contribution in [1.82, 2.24) is 15.4 Å². The number of nitrogens with zero attached hydrogens (tertiary/aromatic N) is 1. The Hall–Kier alpha value is -1.72. The Kier molecular flexibility index (Phi) is 9.83. The Labute approximate surface area is 183 Å². The van der Waals surface area contributed by atoms with Crippen LogP contribution in [0.25, 0.3) is 0 Å². The number of guanidine groups is 1. The van der Waals surface area contributed by atoms with Crippen LogP contribution in [0.15, 0.2) is 47.5 Å². The maximum Gasteiger partial charge on any atom is 0.215 e. The molecular weight excluding hydrogens is 494 g/mol. The van der Waals surface area contributed by atoms with Crippen molar-refractivity contribution in [3.05, 3.63) is 70.5 Å². The minimum Gasteiger partial charge on any atom is -0.352 e. The third-order valence-corrected chi connectivity index (χ3v) is 5.37. The number of halogens is 2. The standard InChI is InChI=1S/C19H25FN4O2S.HI/c1-14-7-8-16(10-18(14)20)12-24-19(21-2)23-11-15-5-4-6-17(9-15)13-27(25,26)22-3;/h4-10,22H,11-13H2,1-3H3,(H2,21,23,24);1H. The summed E-state index contributed by atoms with van der Waals surface area (Å²) in [7, 11) is -0.255. The highest BCUT2D eigenvalue weighted by Gasteiger charge is 2.09. The summed E-state index contributed by atoms with van der Waals surface area (Å²) in [4.78, 5) is 4.15. The van der Waals surface area contributed by atoms with Gasteiger partial charge in [0.25, 0.3) is 0 Å². The lowest BCUT2D eigenvalue weighted by atomic mass is 10.1. The van der Waals surface area contributed by atoms with E-state index in [1.807, 2.05) is 24.3 Å². The van der Waals surface area contributed by atoms with Crippen molar-refractivity contribution >= 4 is 40.0 Å². The zero-order valence-electron chi connectivity index (χ0n) is 16.1. The first-order valence-electron chi connectivity index (χ1n) is 8.51. The lowest BCUT2D eigenvalue weighted by molar-refractivity contribution is 0.587. The van der Waals surface area contributed by atoms with Gasteiger partial charge in [-0.1, -0.05) is 36.4 Å². The predicted molar refractivity (Wildman–Crippen MR) is 122 cm³/mol. The van der Waals surface area contributed by atoms with Gasteiger partial charge < -0.3 is 10.6 Å². The summed E-state index contributed by atoms with van der Waals surface area (Å²) in [5, 5.41) is 6.30. The van der Waals surface area contributed by atoms with Crippen molar-refractivity contribution in [1.29, 1.82) is 0 Å². The second kappa shape index (κ2) is 11.3. The van der Waals surface area contributed by atoms with Gasteiger partial charge in [0.1, 0.15) is 5.82 Å². The molecule has 154 valence electrons. The predicted octanol–water partition coefficient (Wildman–Crippen LogP) is 2.67. The minimum absolute atomic E-state index is 0. The van der Waals surface area contributed by atoms with Crippen molar-refractivity contribution < 1.29 is 12.8 Å². The van der Waals surface area contributed by atoms with Crippen LogP contribution in [0.1, 0.15) is 22.3 Å². The minimum atomic E-state index is -3.31. The molecule has 0 aromatic heterocycles. The number of hydrogen-bond acceptors (Lipinski definition) is 3. The van der Waals surface area contributed by atoms with Crippen LogP contribution in [0.5, 0.6) is 0 Å². The Bertz CT molecular complexity index is 920. The van der Waals surface area contributed by atoms with Crippen LogP contribution in [0.3, 0.4) is 0 Å². The summed E-state index contributed by atoms with van der Waals surface area (Å²) in [6.07, 6.45) is 0. The van der Waals surface area contributed by atoms with E-state index in [1.54, 1.807) is 26.1 Å². The van der Waals surface area contributed by atoms with E-state index in [9.17, 15) is 12.8 Å². The second-order valence-corrected chi connectivity index (χ2v) is 8.07. The molecule has 28 heavy (non-hydrogen) atoms. The highest BCUT2D eigenvalue weighted by atomic mass is 127. The molecule has 0 radical (unpaired) electrons. The SMILES string of the molecule is CN=C(NCc1cccc(CS(=O)(=O)NC)c1)NCc1ccc(C)c(F)c1.I. The fraction of sp³-hybridized carbons (Fsp3) is 0.316. The number of rotatable bonds is 7. The zero-order chi connectivity index (χ0) is 19.9. The molecule has 0 aliphatic heterocycles. The molecule has 0 unspecified atom stereocenters. The normalized spacial score (nSPS) is 11.6. The van der Waals surface area contributed by atoms with Crippen molar-refractivity contribution in [3.8, 4) is 0 Å². The van der Waals surface area contributed by atoms with Gasteiger partial charge in [0.2, 0.25) is 10.0 Å².